The second kappa shape index (κ2) is 8.14. The maximum atomic E-state index is 13.4. The molecule has 176 valence electrons. The lowest BCUT2D eigenvalue weighted by Gasteiger charge is -2.38. The molecule has 3 atom stereocenters. The lowest BCUT2D eigenvalue weighted by atomic mass is 9.76. The number of rotatable bonds is 3. The molecule has 3 aromatic rings. The quantitative estimate of drug-likeness (QED) is 0.471. The predicted molar refractivity (Wildman–Crippen MR) is 136 cm³/mol. The number of nitrogens with zero attached hydrogens (tertiary/aromatic N) is 1. The Balaban J connectivity index is 1.40. The monoisotopic (exact) mass is 474 g/mol. The van der Waals surface area contributed by atoms with Gasteiger partial charge in [-0.2, -0.15) is 4.31 Å². The largest absolute Gasteiger partial charge is 0.508 e. The number of anilines is 1. The minimum absolute atomic E-state index is 0.0651. The van der Waals surface area contributed by atoms with Crippen LogP contribution in [0.5, 0.6) is 5.75 Å². The Hall–Kier alpha value is -2.83. The van der Waals surface area contributed by atoms with Gasteiger partial charge in [0.25, 0.3) is 0 Å². The molecule has 1 aliphatic carbocycles. The van der Waals surface area contributed by atoms with E-state index < -0.39 is 10.0 Å². The average molecular weight is 475 g/mol. The van der Waals surface area contributed by atoms with Gasteiger partial charge in [0.1, 0.15) is 5.75 Å². The number of fused-ring (bicyclic) bond motifs is 4. The Morgan fingerprint density at radius 1 is 1.03 bits per heavy atom. The van der Waals surface area contributed by atoms with E-state index in [-0.39, 0.29) is 17.9 Å². The Morgan fingerprint density at radius 3 is 2.65 bits per heavy atom. The SMILES string of the molecule is CC1CCN(S(=O)(=O)c2ccc3c(c2)C2C=CCC2C(c2c(O)ccc4ccccc24)N3)CC1. The van der Waals surface area contributed by atoms with Gasteiger partial charge in [-0.25, -0.2) is 8.42 Å². The minimum Gasteiger partial charge on any atom is -0.508 e. The molecule has 0 bridgehead atoms. The van der Waals surface area contributed by atoms with Gasteiger partial charge in [-0.15, -0.1) is 0 Å². The summed E-state index contributed by atoms with van der Waals surface area (Å²) < 4.78 is 28.4. The van der Waals surface area contributed by atoms with Crippen molar-refractivity contribution in [1.82, 2.24) is 4.31 Å². The normalized spacial score (nSPS) is 25.1. The number of benzene rings is 3. The summed E-state index contributed by atoms with van der Waals surface area (Å²) in [4.78, 5) is 0.383. The fourth-order valence-corrected chi connectivity index (χ4v) is 7.51. The van der Waals surface area contributed by atoms with E-state index in [9.17, 15) is 13.5 Å². The second-order valence-corrected chi connectivity index (χ2v) is 12.0. The Morgan fingerprint density at radius 2 is 1.82 bits per heavy atom. The lowest BCUT2D eigenvalue weighted by molar-refractivity contribution is 0.288. The smallest absolute Gasteiger partial charge is 0.243 e. The standard InChI is InChI=1S/C28H30N2O3S/c1-18-13-15-30(16-14-18)34(32,33)20-10-11-25-24(17-20)22-7-4-8-23(22)28(29-25)27-21-6-3-2-5-19(21)9-12-26(27)31/h2-7,9-12,17-18,22-23,28-29,31H,8,13-16H2,1H3. The summed E-state index contributed by atoms with van der Waals surface area (Å²) in [6.07, 6.45) is 7.10. The molecular formula is C28H30N2O3S. The van der Waals surface area contributed by atoms with Gasteiger partial charge in [-0.05, 0) is 71.7 Å². The van der Waals surface area contributed by atoms with Crippen molar-refractivity contribution < 1.29 is 13.5 Å². The molecule has 34 heavy (non-hydrogen) atoms. The number of hydrogen-bond donors (Lipinski definition) is 2. The van der Waals surface area contributed by atoms with Crippen molar-refractivity contribution in [3.8, 4) is 5.75 Å². The van der Waals surface area contributed by atoms with E-state index >= 15 is 0 Å². The topological polar surface area (TPSA) is 69.6 Å². The molecule has 3 aliphatic rings. The van der Waals surface area contributed by atoms with Crippen LogP contribution in [0.3, 0.4) is 0 Å². The van der Waals surface area contributed by atoms with E-state index in [2.05, 4.69) is 36.5 Å². The predicted octanol–water partition coefficient (Wildman–Crippen LogP) is 5.79. The van der Waals surface area contributed by atoms with Crippen LogP contribution in [0.4, 0.5) is 5.69 Å². The summed E-state index contributed by atoms with van der Waals surface area (Å²) in [5.41, 5.74) is 2.89. The van der Waals surface area contributed by atoms with Crippen LogP contribution in [0, 0.1) is 11.8 Å². The summed E-state index contributed by atoms with van der Waals surface area (Å²) >= 11 is 0. The lowest BCUT2D eigenvalue weighted by Crippen LogP contribution is -2.38. The van der Waals surface area contributed by atoms with E-state index in [0.29, 0.717) is 29.7 Å². The van der Waals surface area contributed by atoms with E-state index in [0.717, 1.165) is 46.8 Å². The number of piperidine rings is 1. The molecule has 2 heterocycles. The summed E-state index contributed by atoms with van der Waals surface area (Å²) in [6.45, 7) is 3.37. The number of nitrogens with one attached hydrogen (secondary N) is 1. The van der Waals surface area contributed by atoms with Gasteiger partial charge in [-0.3, -0.25) is 0 Å². The molecule has 6 rings (SSSR count). The Bertz CT molecular complexity index is 1390. The highest BCUT2D eigenvalue weighted by Gasteiger charge is 2.40. The van der Waals surface area contributed by atoms with Crippen LogP contribution in [0.2, 0.25) is 0 Å². The number of sulfonamides is 1. The van der Waals surface area contributed by atoms with Crippen LogP contribution in [0.25, 0.3) is 10.8 Å². The number of phenols is 1. The molecule has 2 aliphatic heterocycles. The van der Waals surface area contributed by atoms with Gasteiger partial charge in [0.2, 0.25) is 10.0 Å². The van der Waals surface area contributed by atoms with Crippen LogP contribution >= 0.6 is 0 Å². The Labute approximate surface area is 201 Å². The highest BCUT2D eigenvalue weighted by molar-refractivity contribution is 7.89. The maximum absolute atomic E-state index is 13.4. The highest BCUT2D eigenvalue weighted by atomic mass is 32.2. The van der Waals surface area contributed by atoms with E-state index in [1.54, 1.807) is 16.4 Å². The minimum atomic E-state index is -3.51. The van der Waals surface area contributed by atoms with E-state index in [1.165, 1.54) is 0 Å². The summed E-state index contributed by atoms with van der Waals surface area (Å²) in [6, 6.07) is 17.3. The van der Waals surface area contributed by atoms with Crippen molar-refractivity contribution in [2.45, 2.75) is 43.0 Å². The first-order valence-corrected chi connectivity index (χ1v) is 13.7. The van der Waals surface area contributed by atoms with Crippen molar-refractivity contribution in [3.05, 3.63) is 77.9 Å². The third kappa shape index (κ3) is 3.43. The van der Waals surface area contributed by atoms with E-state index in [1.807, 2.05) is 30.3 Å². The molecule has 2 N–H and O–H groups in total. The van der Waals surface area contributed by atoms with Gasteiger partial charge in [-0.1, -0.05) is 49.4 Å². The zero-order chi connectivity index (χ0) is 23.4. The zero-order valence-corrected chi connectivity index (χ0v) is 20.1. The van der Waals surface area contributed by atoms with Crippen LogP contribution < -0.4 is 5.32 Å². The molecular weight excluding hydrogens is 444 g/mol. The van der Waals surface area contributed by atoms with Gasteiger partial charge < -0.3 is 10.4 Å². The number of aromatic hydroxyl groups is 1. The third-order valence-corrected chi connectivity index (χ3v) is 9.87. The van der Waals surface area contributed by atoms with Crippen molar-refractivity contribution in [2.75, 3.05) is 18.4 Å². The number of allylic oxidation sites excluding steroid dienone is 2. The first-order valence-electron chi connectivity index (χ1n) is 12.2. The number of hydrogen-bond acceptors (Lipinski definition) is 4. The Kier molecular flexibility index (Phi) is 5.19. The van der Waals surface area contributed by atoms with Gasteiger partial charge >= 0.3 is 0 Å². The number of phenolic OH excluding ortho intramolecular Hbond substituents is 1. The van der Waals surface area contributed by atoms with Crippen LogP contribution in [-0.2, 0) is 10.0 Å². The first-order chi connectivity index (χ1) is 16.4. The molecule has 1 saturated heterocycles. The van der Waals surface area contributed by atoms with Crippen molar-refractivity contribution >= 4 is 26.5 Å². The molecule has 0 amide bonds. The van der Waals surface area contributed by atoms with Crippen LogP contribution in [-0.4, -0.2) is 30.9 Å². The van der Waals surface area contributed by atoms with Gasteiger partial charge in [0, 0.05) is 30.3 Å². The van der Waals surface area contributed by atoms with Crippen LogP contribution in [0.1, 0.15) is 49.3 Å². The fraction of sp³-hybridized carbons (Fsp3) is 0.357. The molecule has 0 saturated carbocycles. The molecule has 5 nitrogen and oxygen atoms in total. The molecule has 3 unspecified atom stereocenters. The molecule has 6 heteroatoms. The van der Waals surface area contributed by atoms with Crippen molar-refractivity contribution in [1.29, 1.82) is 0 Å². The summed E-state index contributed by atoms with van der Waals surface area (Å²) in [7, 11) is -3.51. The third-order valence-electron chi connectivity index (χ3n) is 7.97. The van der Waals surface area contributed by atoms with Gasteiger partial charge in [0.05, 0.1) is 10.9 Å². The molecule has 0 radical (unpaired) electrons. The molecule has 1 fully saturated rings. The fourth-order valence-electron chi connectivity index (χ4n) is 6.00. The van der Waals surface area contributed by atoms with Crippen LogP contribution in [0.15, 0.2) is 71.6 Å². The van der Waals surface area contributed by atoms with Crippen molar-refractivity contribution in [2.24, 2.45) is 11.8 Å². The summed E-state index contributed by atoms with van der Waals surface area (Å²) in [5, 5.41) is 16.7. The zero-order valence-electron chi connectivity index (χ0n) is 19.3. The van der Waals surface area contributed by atoms with Gasteiger partial charge in [0.15, 0.2) is 0 Å². The second-order valence-electron chi connectivity index (χ2n) is 10.0. The maximum Gasteiger partial charge on any atom is 0.243 e. The molecule has 0 aromatic heterocycles. The molecule has 3 aromatic carbocycles. The van der Waals surface area contributed by atoms with E-state index in [4.69, 9.17) is 0 Å². The van der Waals surface area contributed by atoms with Crippen molar-refractivity contribution in [3.63, 3.8) is 0 Å². The molecule has 0 spiro atoms. The first kappa shape index (κ1) is 21.7. The summed E-state index contributed by atoms with van der Waals surface area (Å²) in [5.74, 6) is 1.18. The highest BCUT2D eigenvalue weighted by Crippen LogP contribution is 2.52. The average Bonchev–Trinajstić information content (AvgIpc) is 3.34.